The SMILES string of the molecule is CC(CCCS)=C(Br)Br. The van der Waals surface area contributed by atoms with Crippen molar-refractivity contribution >= 4 is 44.5 Å². The summed E-state index contributed by atoms with van der Waals surface area (Å²) in [6, 6.07) is 0. The van der Waals surface area contributed by atoms with E-state index < -0.39 is 0 Å². The molecule has 0 aromatic carbocycles. The molecule has 0 aromatic heterocycles. The second-order valence-corrected chi connectivity index (χ2v) is 4.97. The van der Waals surface area contributed by atoms with Crippen LogP contribution in [0, 0.1) is 0 Å². The van der Waals surface area contributed by atoms with Crippen molar-refractivity contribution in [1.82, 2.24) is 0 Å². The van der Waals surface area contributed by atoms with Gasteiger partial charge < -0.3 is 0 Å². The summed E-state index contributed by atoms with van der Waals surface area (Å²) >= 11 is 10.8. The molecule has 0 saturated carbocycles. The highest BCUT2D eigenvalue weighted by Crippen LogP contribution is 2.21. The van der Waals surface area contributed by atoms with Crippen LogP contribution in [0.25, 0.3) is 0 Å². The average Bonchev–Trinajstić information content (AvgIpc) is 1.82. The second-order valence-electron chi connectivity index (χ2n) is 1.87. The second kappa shape index (κ2) is 5.81. The molecule has 0 aromatic rings. The highest BCUT2D eigenvalue weighted by atomic mass is 79.9. The molecule has 0 heterocycles. The van der Waals surface area contributed by atoms with Crippen LogP contribution < -0.4 is 0 Å². The summed E-state index contributed by atoms with van der Waals surface area (Å²) in [5.41, 5.74) is 1.35. The molecule has 0 aliphatic carbocycles. The van der Waals surface area contributed by atoms with Gasteiger partial charge in [0.05, 0.1) is 3.39 Å². The third-order valence-electron chi connectivity index (χ3n) is 1.03. The maximum Gasteiger partial charge on any atom is 0.0593 e. The molecule has 0 rings (SSSR count). The summed E-state index contributed by atoms with van der Waals surface area (Å²) in [6.07, 6.45) is 2.27. The Bertz CT molecular complexity index is 106. The highest BCUT2D eigenvalue weighted by Gasteiger charge is 1.92. The predicted molar refractivity (Wildman–Crippen MR) is 53.6 cm³/mol. The molecule has 0 fully saturated rings. The van der Waals surface area contributed by atoms with Gasteiger partial charge in [-0.05, 0) is 57.4 Å². The molecule has 0 amide bonds. The quantitative estimate of drug-likeness (QED) is 0.745. The maximum absolute atomic E-state index is 4.11. The van der Waals surface area contributed by atoms with E-state index in [9.17, 15) is 0 Å². The Balaban J connectivity index is 3.50. The van der Waals surface area contributed by atoms with Crippen molar-refractivity contribution in [2.45, 2.75) is 19.8 Å². The first-order chi connectivity index (χ1) is 4.18. The third-order valence-corrected chi connectivity index (χ3v) is 2.70. The van der Waals surface area contributed by atoms with Crippen molar-refractivity contribution in [2.75, 3.05) is 5.75 Å². The molecule has 0 N–H and O–H groups in total. The first-order valence-electron chi connectivity index (χ1n) is 2.80. The van der Waals surface area contributed by atoms with E-state index in [1.807, 2.05) is 0 Å². The van der Waals surface area contributed by atoms with E-state index in [4.69, 9.17) is 0 Å². The topological polar surface area (TPSA) is 0 Å². The van der Waals surface area contributed by atoms with Gasteiger partial charge in [0.25, 0.3) is 0 Å². The van der Waals surface area contributed by atoms with Crippen LogP contribution in [-0.4, -0.2) is 5.75 Å². The Labute approximate surface area is 78.8 Å². The summed E-state index contributed by atoms with van der Waals surface area (Å²) in [5.74, 6) is 0.963. The smallest absolute Gasteiger partial charge is 0.0593 e. The molecule has 0 bridgehead atoms. The molecule has 0 atom stereocenters. The normalized spacial score (nSPS) is 9.33. The van der Waals surface area contributed by atoms with Crippen molar-refractivity contribution in [3.63, 3.8) is 0 Å². The van der Waals surface area contributed by atoms with Gasteiger partial charge in [0.1, 0.15) is 0 Å². The lowest BCUT2D eigenvalue weighted by atomic mass is 10.2. The molecule has 0 spiro atoms. The molecular weight excluding hydrogens is 264 g/mol. The molecule has 0 radical (unpaired) electrons. The van der Waals surface area contributed by atoms with Crippen LogP contribution in [0.5, 0.6) is 0 Å². The predicted octanol–water partition coefficient (Wildman–Crippen LogP) is 3.72. The van der Waals surface area contributed by atoms with Gasteiger partial charge in [0.15, 0.2) is 0 Å². The van der Waals surface area contributed by atoms with Crippen molar-refractivity contribution in [2.24, 2.45) is 0 Å². The van der Waals surface area contributed by atoms with Crippen molar-refractivity contribution in [1.29, 1.82) is 0 Å². The van der Waals surface area contributed by atoms with E-state index >= 15 is 0 Å². The number of hydrogen-bond donors (Lipinski definition) is 1. The van der Waals surface area contributed by atoms with Gasteiger partial charge in [0, 0.05) is 0 Å². The lowest BCUT2D eigenvalue weighted by molar-refractivity contribution is 0.921. The van der Waals surface area contributed by atoms with Gasteiger partial charge in [0.2, 0.25) is 0 Å². The fraction of sp³-hybridized carbons (Fsp3) is 0.667. The Morgan fingerprint density at radius 2 is 2.00 bits per heavy atom. The van der Waals surface area contributed by atoms with Crippen LogP contribution in [0.3, 0.4) is 0 Å². The molecule has 54 valence electrons. The monoisotopic (exact) mass is 272 g/mol. The minimum Gasteiger partial charge on any atom is -0.179 e. The fourth-order valence-electron chi connectivity index (χ4n) is 0.439. The van der Waals surface area contributed by atoms with E-state index in [1.54, 1.807) is 0 Å². The van der Waals surface area contributed by atoms with Gasteiger partial charge in [-0.1, -0.05) is 5.57 Å². The lowest BCUT2D eigenvalue weighted by Crippen LogP contribution is -1.78. The first-order valence-corrected chi connectivity index (χ1v) is 5.02. The number of hydrogen-bond acceptors (Lipinski definition) is 1. The zero-order valence-corrected chi connectivity index (χ0v) is 9.39. The Hall–Kier alpha value is 1.05. The Morgan fingerprint density at radius 1 is 1.44 bits per heavy atom. The zero-order chi connectivity index (χ0) is 7.28. The standard InChI is InChI=1S/C6H10Br2S/c1-5(6(7)8)3-2-4-9/h9H,2-4H2,1H3. The minimum atomic E-state index is 0.963. The van der Waals surface area contributed by atoms with Crippen molar-refractivity contribution in [3.05, 3.63) is 8.96 Å². The summed E-state index contributed by atoms with van der Waals surface area (Å²) in [4.78, 5) is 0. The Morgan fingerprint density at radius 3 is 2.33 bits per heavy atom. The molecule has 0 aliphatic heterocycles. The maximum atomic E-state index is 4.11. The van der Waals surface area contributed by atoms with Crippen LogP contribution in [0.4, 0.5) is 0 Å². The molecule has 0 saturated heterocycles. The number of thiol groups is 1. The third kappa shape index (κ3) is 5.49. The molecule has 0 unspecified atom stereocenters. The van der Waals surface area contributed by atoms with E-state index in [1.165, 1.54) is 5.57 Å². The lowest BCUT2D eigenvalue weighted by Gasteiger charge is -1.97. The summed E-state index contributed by atoms with van der Waals surface area (Å²) in [5, 5.41) is 0. The van der Waals surface area contributed by atoms with Gasteiger partial charge in [-0.25, -0.2) is 0 Å². The Kier molecular flexibility index (Phi) is 6.48. The molecule has 0 nitrogen and oxygen atoms in total. The van der Waals surface area contributed by atoms with E-state index in [2.05, 4.69) is 51.4 Å². The number of halogens is 2. The zero-order valence-electron chi connectivity index (χ0n) is 5.32. The molecule has 0 aliphatic rings. The van der Waals surface area contributed by atoms with Crippen LogP contribution in [0.15, 0.2) is 8.96 Å². The van der Waals surface area contributed by atoms with E-state index in [0.717, 1.165) is 22.0 Å². The van der Waals surface area contributed by atoms with Crippen LogP contribution >= 0.6 is 44.5 Å². The van der Waals surface area contributed by atoms with Crippen molar-refractivity contribution in [3.8, 4) is 0 Å². The van der Waals surface area contributed by atoms with Gasteiger partial charge >= 0.3 is 0 Å². The van der Waals surface area contributed by atoms with Crippen LogP contribution in [0.1, 0.15) is 19.8 Å². The average molecular weight is 274 g/mol. The van der Waals surface area contributed by atoms with E-state index in [-0.39, 0.29) is 0 Å². The summed E-state index contributed by atoms with van der Waals surface area (Å²) in [7, 11) is 0. The van der Waals surface area contributed by atoms with Crippen LogP contribution in [0.2, 0.25) is 0 Å². The molecule has 9 heavy (non-hydrogen) atoms. The highest BCUT2D eigenvalue weighted by molar-refractivity contribution is 9.28. The van der Waals surface area contributed by atoms with Gasteiger partial charge in [-0.15, -0.1) is 0 Å². The molecule has 3 heteroatoms. The van der Waals surface area contributed by atoms with Crippen molar-refractivity contribution < 1.29 is 0 Å². The summed E-state index contributed by atoms with van der Waals surface area (Å²) in [6.45, 7) is 2.10. The number of rotatable bonds is 3. The van der Waals surface area contributed by atoms with Gasteiger partial charge in [-0.3, -0.25) is 0 Å². The number of allylic oxidation sites excluding steroid dienone is 1. The minimum absolute atomic E-state index is 0.963. The van der Waals surface area contributed by atoms with E-state index in [0.29, 0.717) is 0 Å². The molecular formula is C6H10Br2S. The largest absolute Gasteiger partial charge is 0.179 e. The van der Waals surface area contributed by atoms with Crippen LogP contribution in [-0.2, 0) is 0 Å². The fourth-order valence-corrected chi connectivity index (χ4v) is 0.993. The van der Waals surface area contributed by atoms with Gasteiger partial charge in [-0.2, -0.15) is 12.6 Å². The summed E-state index contributed by atoms with van der Waals surface area (Å²) < 4.78 is 1.08. The first kappa shape index (κ1) is 10.0.